The second kappa shape index (κ2) is 8.22. The maximum atomic E-state index is 13.2. The summed E-state index contributed by atoms with van der Waals surface area (Å²) in [6.45, 7) is 2.21. The second-order valence-electron chi connectivity index (χ2n) is 6.26. The van der Waals surface area contributed by atoms with Gasteiger partial charge in [0.05, 0.1) is 25.4 Å². The highest BCUT2D eigenvalue weighted by atomic mass is 32.1. The average Bonchev–Trinajstić information content (AvgIpc) is 3.34. The summed E-state index contributed by atoms with van der Waals surface area (Å²) in [5.74, 6) is -1.10. The minimum absolute atomic E-state index is 0.0142. The molecule has 142 valence electrons. The van der Waals surface area contributed by atoms with E-state index < -0.39 is 11.9 Å². The third-order valence-electron chi connectivity index (χ3n) is 4.57. The summed E-state index contributed by atoms with van der Waals surface area (Å²) in [5.41, 5.74) is 2.30. The van der Waals surface area contributed by atoms with Crippen LogP contribution < -0.4 is 5.56 Å². The van der Waals surface area contributed by atoms with Crippen LogP contribution in [-0.4, -0.2) is 32.7 Å². The number of H-pyrrole nitrogens is 1. The highest BCUT2D eigenvalue weighted by Crippen LogP contribution is 2.33. The highest BCUT2D eigenvalue weighted by Gasteiger charge is 2.26. The van der Waals surface area contributed by atoms with Gasteiger partial charge in [0.25, 0.3) is 5.56 Å². The van der Waals surface area contributed by atoms with Crippen LogP contribution in [0.15, 0.2) is 40.2 Å². The van der Waals surface area contributed by atoms with Crippen molar-refractivity contribution in [1.29, 1.82) is 0 Å². The fourth-order valence-electron chi connectivity index (χ4n) is 3.14. The number of pyridine rings is 1. The molecular weight excluding hydrogens is 366 g/mol. The molecule has 0 saturated carbocycles. The molecule has 0 bridgehead atoms. The summed E-state index contributed by atoms with van der Waals surface area (Å²) in [7, 11) is 1.31. The van der Waals surface area contributed by atoms with Crippen molar-refractivity contribution in [2.45, 2.75) is 32.2 Å². The van der Waals surface area contributed by atoms with Gasteiger partial charge in [-0.2, -0.15) is 11.3 Å². The molecule has 0 saturated heterocycles. The van der Waals surface area contributed by atoms with Crippen LogP contribution in [0.1, 0.15) is 34.9 Å². The molecule has 7 nitrogen and oxygen atoms in total. The van der Waals surface area contributed by atoms with Crippen molar-refractivity contribution < 1.29 is 14.6 Å². The number of ether oxygens (including phenoxy) is 1. The molecule has 3 aromatic rings. The van der Waals surface area contributed by atoms with E-state index in [1.807, 2.05) is 16.8 Å². The van der Waals surface area contributed by atoms with E-state index in [1.54, 1.807) is 30.1 Å². The normalized spacial score (nSPS) is 12.1. The number of carbonyl (C=O) groups excluding carboxylic acids is 1. The number of methoxy groups -OCH3 is 1. The number of hydrogen-bond acceptors (Lipinski definition) is 6. The molecule has 0 amide bonds. The van der Waals surface area contributed by atoms with E-state index >= 15 is 0 Å². The summed E-state index contributed by atoms with van der Waals surface area (Å²) >= 11 is 1.47. The Morgan fingerprint density at radius 2 is 2.30 bits per heavy atom. The Labute approximate surface area is 160 Å². The lowest BCUT2D eigenvalue weighted by Crippen LogP contribution is -2.29. The molecule has 2 N–H and O–H groups in total. The van der Waals surface area contributed by atoms with Crippen LogP contribution in [0.5, 0.6) is 5.75 Å². The third-order valence-corrected chi connectivity index (χ3v) is 5.28. The topological polar surface area (TPSA) is 97.2 Å². The molecular formula is C19H21N3O4S. The third kappa shape index (κ3) is 4.11. The Bertz CT molecular complexity index is 962. The predicted octanol–water partition coefficient (Wildman–Crippen LogP) is 2.58. The van der Waals surface area contributed by atoms with Gasteiger partial charge in [-0.25, -0.2) is 4.98 Å². The molecule has 0 fully saturated rings. The molecule has 0 spiro atoms. The van der Waals surface area contributed by atoms with Crippen LogP contribution in [0.3, 0.4) is 0 Å². The van der Waals surface area contributed by atoms with E-state index in [0.29, 0.717) is 18.7 Å². The first kappa shape index (κ1) is 18.9. The number of thiophene rings is 1. The minimum Gasteiger partial charge on any atom is -0.507 e. The van der Waals surface area contributed by atoms with Gasteiger partial charge in [-0.15, -0.1) is 0 Å². The standard InChI is InChI=1S/C19H21N3O4S/c1-12-7-16(23)18(15(8-17(24)26-2)13-4-6-27-10-13)19(25)22(12)5-3-14-9-20-11-21-14/h4,6-7,9-11,15,23H,3,5,8H2,1-2H3,(H,20,21). The number of nitrogens with one attached hydrogen (secondary N) is 1. The minimum atomic E-state index is -0.560. The van der Waals surface area contributed by atoms with Crippen molar-refractivity contribution in [3.63, 3.8) is 0 Å². The SMILES string of the molecule is COC(=O)CC(c1ccsc1)c1c(O)cc(C)n(CCc2cnc[nH]2)c1=O. The van der Waals surface area contributed by atoms with E-state index in [0.717, 1.165) is 11.3 Å². The van der Waals surface area contributed by atoms with Crippen LogP contribution in [0, 0.1) is 6.92 Å². The summed E-state index contributed by atoms with van der Waals surface area (Å²) in [6, 6.07) is 3.42. The van der Waals surface area contributed by atoms with Gasteiger partial charge in [0.15, 0.2) is 0 Å². The lowest BCUT2D eigenvalue weighted by atomic mass is 9.90. The van der Waals surface area contributed by atoms with Crippen molar-refractivity contribution in [2.24, 2.45) is 0 Å². The number of imidazole rings is 1. The summed E-state index contributed by atoms with van der Waals surface area (Å²) in [6.07, 6.45) is 3.90. The maximum absolute atomic E-state index is 13.2. The van der Waals surface area contributed by atoms with Crippen molar-refractivity contribution >= 4 is 17.3 Å². The molecule has 1 unspecified atom stereocenters. The number of nitrogens with zero attached hydrogens (tertiary/aromatic N) is 2. The van der Waals surface area contributed by atoms with Crippen LogP contribution >= 0.6 is 11.3 Å². The smallest absolute Gasteiger partial charge is 0.306 e. The molecule has 0 aliphatic carbocycles. The van der Waals surface area contributed by atoms with E-state index in [4.69, 9.17) is 4.74 Å². The van der Waals surface area contributed by atoms with Gasteiger partial charge in [-0.1, -0.05) is 0 Å². The number of aromatic nitrogens is 3. The fraction of sp³-hybridized carbons (Fsp3) is 0.316. The molecule has 0 aromatic carbocycles. The number of hydrogen-bond donors (Lipinski definition) is 2. The van der Waals surface area contributed by atoms with E-state index in [2.05, 4.69) is 9.97 Å². The van der Waals surface area contributed by atoms with Gasteiger partial charge in [0, 0.05) is 36.5 Å². The van der Waals surface area contributed by atoms with Gasteiger partial charge in [-0.3, -0.25) is 9.59 Å². The van der Waals surface area contributed by atoms with Crippen LogP contribution in [-0.2, 0) is 22.5 Å². The number of carbonyl (C=O) groups is 1. The number of rotatable bonds is 7. The Hall–Kier alpha value is -2.87. The van der Waals surface area contributed by atoms with Gasteiger partial charge in [0.1, 0.15) is 5.75 Å². The molecule has 8 heteroatoms. The van der Waals surface area contributed by atoms with Gasteiger partial charge < -0.3 is 19.4 Å². The monoisotopic (exact) mass is 387 g/mol. The zero-order chi connectivity index (χ0) is 19.4. The number of aryl methyl sites for hydroxylation is 2. The number of aromatic hydroxyl groups is 1. The molecule has 3 rings (SSSR count). The molecule has 3 aromatic heterocycles. The lowest BCUT2D eigenvalue weighted by molar-refractivity contribution is -0.140. The number of aromatic amines is 1. The summed E-state index contributed by atoms with van der Waals surface area (Å²) in [5, 5.41) is 14.3. The average molecular weight is 387 g/mol. The summed E-state index contributed by atoms with van der Waals surface area (Å²) in [4.78, 5) is 32.1. The molecule has 0 aliphatic heterocycles. The van der Waals surface area contributed by atoms with Crippen molar-refractivity contribution in [2.75, 3.05) is 7.11 Å². The lowest BCUT2D eigenvalue weighted by Gasteiger charge is -2.19. The molecule has 1 atom stereocenters. The first-order chi connectivity index (χ1) is 13.0. The Morgan fingerprint density at radius 1 is 1.48 bits per heavy atom. The highest BCUT2D eigenvalue weighted by molar-refractivity contribution is 7.08. The van der Waals surface area contributed by atoms with E-state index in [9.17, 15) is 14.7 Å². The van der Waals surface area contributed by atoms with Crippen LogP contribution in [0.2, 0.25) is 0 Å². The van der Waals surface area contributed by atoms with Crippen LogP contribution in [0.4, 0.5) is 0 Å². The predicted molar refractivity (Wildman–Crippen MR) is 102 cm³/mol. The molecule has 0 radical (unpaired) electrons. The second-order valence-corrected chi connectivity index (χ2v) is 7.04. The Morgan fingerprint density at radius 3 is 2.93 bits per heavy atom. The first-order valence-electron chi connectivity index (χ1n) is 8.50. The number of esters is 1. The van der Waals surface area contributed by atoms with Gasteiger partial charge >= 0.3 is 5.97 Å². The fourth-order valence-corrected chi connectivity index (χ4v) is 3.85. The van der Waals surface area contributed by atoms with Crippen LogP contribution in [0.25, 0.3) is 0 Å². The summed E-state index contributed by atoms with van der Waals surface area (Å²) < 4.78 is 6.41. The van der Waals surface area contributed by atoms with E-state index in [-0.39, 0.29) is 23.3 Å². The largest absolute Gasteiger partial charge is 0.507 e. The zero-order valence-corrected chi connectivity index (χ0v) is 16.0. The Kier molecular flexibility index (Phi) is 5.75. The Balaban J connectivity index is 2.02. The maximum Gasteiger partial charge on any atom is 0.306 e. The molecule has 3 heterocycles. The van der Waals surface area contributed by atoms with Gasteiger partial charge in [-0.05, 0) is 35.4 Å². The molecule has 27 heavy (non-hydrogen) atoms. The van der Waals surface area contributed by atoms with Gasteiger partial charge in [0.2, 0.25) is 0 Å². The first-order valence-corrected chi connectivity index (χ1v) is 9.45. The quantitative estimate of drug-likeness (QED) is 0.608. The molecule has 0 aliphatic rings. The van der Waals surface area contributed by atoms with E-state index in [1.165, 1.54) is 18.4 Å². The van der Waals surface area contributed by atoms with Crippen molar-refractivity contribution in [3.05, 3.63) is 68.3 Å². The van der Waals surface area contributed by atoms with Crippen molar-refractivity contribution in [3.8, 4) is 5.75 Å². The van der Waals surface area contributed by atoms with Crippen molar-refractivity contribution in [1.82, 2.24) is 14.5 Å². The zero-order valence-electron chi connectivity index (χ0n) is 15.1.